The number of rotatable bonds is 1. The first kappa shape index (κ1) is 13.5. The lowest BCUT2D eigenvalue weighted by molar-refractivity contribution is 0.262. The van der Waals surface area contributed by atoms with Gasteiger partial charge >= 0.3 is 0 Å². The van der Waals surface area contributed by atoms with Gasteiger partial charge in [-0.25, -0.2) is 9.82 Å². The molecule has 1 aromatic rings. The van der Waals surface area contributed by atoms with Gasteiger partial charge in [0.05, 0.1) is 6.54 Å². The topological polar surface area (TPSA) is 47.9 Å². The Hall–Kier alpha value is -1.53. The van der Waals surface area contributed by atoms with Crippen LogP contribution in [0.1, 0.15) is 18.4 Å². The summed E-state index contributed by atoms with van der Waals surface area (Å²) < 4.78 is 12.9. The Kier molecular flexibility index (Phi) is 3.93. The van der Waals surface area contributed by atoms with Crippen molar-refractivity contribution < 1.29 is 9.50 Å². The molecule has 2 N–H and O–H groups in total. The number of halogens is 1. The molecule has 1 saturated heterocycles. The zero-order chi connectivity index (χ0) is 13.9. The Bertz CT molecular complexity index is 568. The summed E-state index contributed by atoms with van der Waals surface area (Å²) in [5, 5.41) is 12.8. The number of hydrogen-bond donors (Lipinski definition) is 2. The highest BCUT2D eigenvalue weighted by atomic mass is 32.2. The van der Waals surface area contributed by atoms with Crippen molar-refractivity contribution in [2.75, 3.05) is 19.6 Å². The number of nitrogens with zero attached hydrogens (tertiary/aromatic N) is 2. The number of amidine groups is 1. The normalized spacial score (nSPS) is 21.4. The molecule has 0 saturated carbocycles. The molecule has 3 rings (SSSR count). The van der Waals surface area contributed by atoms with E-state index in [-0.39, 0.29) is 5.75 Å². The van der Waals surface area contributed by atoms with Crippen LogP contribution >= 0.6 is 11.8 Å². The molecule has 0 aliphatic carbocycles. The molecule has 1 fully saturated rings. The summed E-state index contributed by atoms with van der Waals surface area (Å²) >= 11 is 1.59. The van der Waals surface area contributed by atoms with Crippen molar-refractivity contribution in [3.63, 3.8) is 0 Å². The molecule has 106 valence electrons. The van der Waals surface area contributed by atoms with Gasteiger partial charge in [0.15, 0.2) is 5.17 Å². The summed E-state index contributed by atoms with van der Waals surface area (Å²) in [6.07, 6.45) is 4.23. The monoisotopic (exact) mass is 293 g/mol. The number of benzene rings is 1. The van der Waals surface area contributed by atoms with Crippen molar-refractivity contribution in [2.45, 2.75) is 12.8 Å². The van der Waals surface area contributed by atoms with E-state index in [0.29, 0.717) is 12.1 Å². The van der Waals surface area contributed by atoms with Crippen LogP contribution in [-0.4, -0.2) is 34.9 Å². The van der Waals surface area contributed by atoms with Crippen LogP contribution in [0.25, 0.3) is 6.08 Å². The van der Waals surface area contributed by atoms with Gasteiger partial charge in [0.1, 0.15) is 11.6 Å². The zero-order valence-electron chi connectivity index (χ0n) is 11.0. The van der Waals surface area contributed by atoms with E-state index in [2.05, 4.69) is 15.4 Å². The smallest absolute Gasteiger partial charge is 0.178 e. The average Bonchev–Trinajstić information content (AvgIpc) is 2.92. The molecule has 0 amide bonds. The van der Waals surface area contributed by atoms with E-state index in [1.807, 2.05) is 6.08 Å². The van der Waals surface area contributed by atoms with Crippen molar-refractivity contribution in [3.05, 3.63) is 34.5 Å². The van der Waals surface area contributed by atoms with Gasteiger partial charge in [0.25, 0.3) is 0 Å². The Balaban J connectivity index is 1.70. The number of hydrogen-bond acceptors (Lipinski definition) is 5. The van der Waals surface area contributed by atoms with Crippen LogP contribution in [0.2, 0.25) is 0 Å². The van der Waals surface area contributed by atoms with E-state index < -0.39 is 5.82 Å². The summed E-state index contributed by atoms with van der Waals surface area (Å²) in [6, 6.07) is 4.05. The fourth-order valence-electron chi connectivity index (χ4n) is 2.21. The second-order valence-corrected chi connectivity index (χ2v) is 5.88. The van der Waals surface area contributed by atoms with E-state index in [1.54, 1.807) is 17.8 Å². The van der Waals surface area contributed by atoms with E-state index in [4.69, 9.17) is 0 Å². The lowest BCUT2D eigenvalue weighted by atomic mass is 10.2. The third kappa shape index (κ3) is 2.96. The van der Waals surface area contributed by atoms with E-state index in [1.165, 1.54) is 18.9 Å². The molecule has 0 spiro atoms. The fourth-order valence-corrected chi connectivity index (χ4v) is 3.15. The lowest BCUT2D eigenvalue weighted by Gasteiger charge is -2.28. The lowest BCUT2D eigenvalue weighted by Crippen LogP contribution is -2.45. The Labute approximate surface area is 121 Å². The standard InChI is InChI=1S/C14H16FN3OS/c15-11-4-3-10(13(19)8-11)7-12-9-16-14(20-12)18-6-2-1-5-17-18/h3-4,7-8,17,19H,1-2,5-6,9H2/b12-7-. The van der Waals surface area contributed by atoms with Crippen LogP contribution in [-0.2, 0) is 0 Å². The minimum absolute atomic E-state index is 0.0392. The molecule has 1 aromatic carbocycles. The van der Waals surface area contributed by atoms with Crippen molar-refractivity contribution >= 4 is 23.0 Å². The number of nitrogens with one attached hydrogen (secondary N) is 1. The third-order valence-electron chi connectivity index (χ3n) is 3.24. The van der Waals surface area contributed by atoms with Crippen LogP contribution in [0.3, 0.4) is 0 Å². The zero-order valence-corrected chi connectivity index (χ0v) is 11.8. The Morgan fingerprint density at radius 1 is 1.40 bits per heavy atom. The molecule has 0 atom stereocenters. The van der Waals surface area contributed by atoms with Gasteiger partial charge in [0, 0.05) is 29.6 Å². The molecule has 0 radical (unpaired) electrons. The second kappa shape index (κ2) is 5.85. The predicted molar refractivity (Wildman–Crippen MR) is 79.9 cm³/mol. The van der Waals surface area contributed by atoms with Crippen LogP contribution in [0, 0.1) is 5.82 Å². The highest BCUT2D eigenvalue weighted by molar-refractivity contribution is 8.17. The first-order valence-corrected chi connectivity index (χ1v) is 7.46. The molecular weight excluding hydrogens is 277 g/mol. The molecule has 0 bridgehead atoms. The second-order valence-electron chi connectivity index (χ2n) is 4.78. The van der Waals surface area contributed by atoms with Crippen molar-refractivity contribution in [2.24, 2.45) is 4.99 Å². The van der Waals surface area contributed by atoms with Crippen LogP contribution in [0.4, 0.5) is 4.39 Å². The number of phenolic OH excluding ortho intramolecular Hbond substituents is 1. The predicted octanol–water partition coefficient (Wildman–Crippen LogP) is 2.58. The van der Waals surface area contributed by atoms with Gasteiger partial charge in [-0.2, -0.15) is 0 Å². The molecule has 2 aliphatic rings. The molecular formula is C14H16FN3OS. The summed E-state index contributed by atoms with van der Waals surface area (Å²) in [5.74, 6) is -0.471. The summed E-state index contributed by atoms with van der Waals surface area (Å²) in [7, 11) is 0. The molecule has 4 nitrogen and oxygen atoms in total. The molecule has 0 aromatic heterocycles. The highest BCUT2D eigenvalue weighted by Crippen LogP contribution is 2.31. The Morgan fingerprint density at radius 3 is 3.05 bits per heavy atom. The van der Waals surface area contributed by atoms with Gasteiger partial charge in [-0.05, 0) is 31.1 Å². The van der Waals surface area contributed by atoms with Gasteiger partial charge in [-0.15, -0.1) is 0 Å². The number of phenols is 1. The molecule has 6 heteroatoms. The summed E-state index contributed by atoms with van der Waals surface area (Å²) in [4.78, 5) is 5.55. The van der Waals surface area contributed by atoms with Crippen LogP contribution in [0.15, 0.2) is 28.1 Å². The minimum Gasteiger partial charge on any atom is -0.507 e. The van der Waals surface area contributed by atoms with Gasteiger partial charge in [0.2, 0.25) is 0 Å². The van der Waals surface area contributed by atoms with Crippen LogP contribution in [0.5, 0.6) is 5.75 Å². The molecule has 0 unspecified atom stereocenters. The summed E-state index contributed by atoms with van der Waals surface area (Å²) in [5.41, 5.74) is 3.94. The van der Waals surface area contributed by atoms with Gasteiger partial charge in [-0.1, -0.05) is 11.8 Å². The van der Waals surface area contributed by atoms with Gasteiger partial charge < -0.3 is 5.11 Å². The van der Waals surface area contributed by atoms with E-state index in [0.717, 1.165) is 29.2 Å². The molecule has 2 heterocycles. The van der Waals surface area contributed by atoms with E-state index >= 15 is 0 Å². The average molecular weight is 293 g/mol. The fraction of sp³-hybridized carbons (Fsp3) is 0.357. The Morgan fingerprint density at radius 2 is 2.30 bits per heavy atom. The maximum Gasteiger partial charge on any atom is 0.178 e. The number of aliphatic imine (C=N–C) groups is 1. The minimum atomic E-state index is -0.432. The first-order chi connectivity index (χ1) is 9.72. The maximum absolute atomic E-state index is 12.9. The quantitative estimate of drug-likeness (QED) is 0.835. The maximum atomic E-state index is 12.9. The van der Waals surface area contributed by atoms with Crippen molar-refractivity contribution in [1.82, 2.24) is 10.4 Å². The number of hydrazine groups is 1. The third-order valence-corrected chi connectivity index (χ3v) is 4.28. The summed E-state index contributed by atoms with van der Waals surface area (Å²) in [6.45, 7) is 2.56. The van der Waals surface area contributed by atoms with E-state index in [9.17, 15) is 9.50 Å². The molecule has 2 aliphatic heterocycles. The first-order valence-electron chi connectivity index (χ1n) is 6.65. The van der Waals surface area contributed by atoms with Gasteiger partial charge in [-0.3, -0.25) is 10.0 Å². The number of aromatic hydroxyl groups is 1. The number of thioether (sulfide) groups is 1. The largest absolute Gasteiger partial charge is 0.507 e. The molecule has 20 heavy (non-hydrogen) atoms. The SMILES string of the molecule is Oc1cc(F)ccc1/C=C1/CN=C(N2CCCCN2)S1. The van der Waals surface area contributed by atoms with Crippen molar-refractivity contribution in [3.8, 4) is 5.75 Å². The van der Waals surface area contributed by atoms with Crippen LogP contribution < -0.4 is 5.43 Å². The highest BCUT2D eigenvalue weighted by Gasteiger charge is 2.21. The van der Waals surface area contributed by atoms with Crippen molar-refractivity contribution in [1.29, 1.82) is 0 Å².